The van der Waals surface area contributed by atoms with Crippen LogP contribution in [0.25, 0.3) is 0 Å². The average molecular weight is 272 g/mol. The van der Waals surface area contributed by atoms with Crippen molar-refractivity contribution in [1.82, 2.24) is 4.72 Å². The first-order valence-corrected chi connectivity index (χ1v) is 7.40. The molecular weight excluding hydrogens is 255 g/mol. The number of benzene rings is 1. The third-order valence-corrected chi connectivity index (χ3v) is 4.55. The van der Waals surface area contributed by atoms with Gasteiger partial charge >= 0.3 is 0 Å². The topological polar surface area (TPSA) is 72.2 Å². The van der Waals surface area contributed by atoms with Crippen molar-refractivity contribution in [3.05, 3.63) is 29.6 Å². The van der Waals surface area contributed by atoms with Gasteiger partial charge in [0.1, 0.15) is 10.7 Å². The Bertz CT molecular complexity index is 541. The fourth-order valence-corrected chi connectivity index (χ4v) is 3.02. The summed E-state index contributed by atoms with van der Waals surface area (Å²) >= 11 is 0. The lowest BCUT2D eigenvalue weighted by Crippen LogP contribution is -2.38. The Morgan fingerprint density at radius 2 is 2.17 bits per heavy atom. The molecule has 1 fully saturated rings. The van der Waals surface area contributed by atoms with E-state index < -0.39 is 15.8 Å². The van der Waals surface area contributed by atoms with Crippen LogP contribution in [0.5, 0.6) is 0 Å². The molecule has 6 heteroatoms. The van der Waals surface area contributed by atoms with Gasteiger partial charge in [-0.05, 0) is 43.4 Å². The Morgan fingerprint density at radius 1 is 1.50 bits per heavy atom. The number of halogens is 1. The van der Waals surface area contributed by atoms with Crippen molar-refractivity contribution in [2.45, 2.75) is 30.7 Å². The second-order valence-electron chi connectivity index (χ2n) is 4.79. The highest BCUT2D eigenvalue weighted by molar-refractivity contribution is 7.89. The molecule has 0 spiro atoms. The molecule has 1 aliphatic carbocycles. The summed E-state index contributed by atoms with van der Waals surface area (Å²) in [7, 11) is -3.82. The highest BCUT2D eigenvalue weighted by Gasteiger charge is 2.29. The smallest absolute Gasteiger partial charge is 0.243 e. The fourth-order valence-electron chi connectivity index (χ4n) is 1.79. The maximum atomic E-state index is 13.5. The first kappa shape index (κ1) is 13.5. The summed E-state index contributed by atoms with van der Waals surface area (Å²) in [6, 6.07) is 3.82. The molecule has 2 rings (SSSR count). The van der Waals surface area contributed by atoms with Gasteiger partial charge in [-0.25, -0.2) is 17.5 Å². The summed E-state index contributed by atoms with van der Waals surface area (Å²) in [4.78, 5) is -0.314. The van der Waals surface area contributed by atoms with Crippen LogP contribution in [0.15, 0.2) is 23.1 Å². The van der Waals surface area contributed by atoms with Gasteiger partial charge in [0, 0.05) is 12.6 Å². The van der Waals surface area contributed by atoms with E-state index in [4.69, 9.17) is 5.73 Å². The molecule has 1 aliphatic rings. The van der Waals surface area contributed by atoms with Crippen molar-refractivity contribution in [3.8, 4) is 0 Å². The lowest BCUT2D eigenvalue weighted by Gasteiger charge is -2.12. The second kappa shape index (κ2) is 4.95. The van der Waals surface area contributed by atoms with Gasteiger partial charge in [0.2, 0.25) is 10.0 Å². The van der Waals surface area contributed by atoms with E-state index in [-0.39, 0.29) is 17.5 Å². The molecule has 100 valence electrons. The molecule has 1 aromatic rings. The van der Waals surface area contributed by atoms with E-state index in [0.717, 1.165) is 18.9 Å². The van der Waals surface area contributed by atoms with E-state index >= 15 is 0 Å². The van der Waals surface area contributed by atoms with Crippen molar-refractivity contribution in [2.24, 2.45) is 11.7 Å². The molecule has 0 heterocycles. The molecule has 18 heavy (non-hydrogen) atoms. The van der Waals surface area contributed by atoms with Crippen LogP contribution in [0.4, 0.5) is 4.39 Å². The van der Waals surface area contributed by atoms with Gasteiger partial charge in [0.15, 0.2) is 0 Å². The molecule has 1 aromatic carbocycles. The Morgan fingerprint density at radius 3 is 2.78 bits per heavy atom. The third kappa shape index (κ3) is 3.07. The van der Waals surface area contributed by atoms with Gasteiger partial charge in [-0.1, -0.05) is 6.07 Å². The highest BCUT2D eigenvalue weighted by atomic mass is 32.2. The Labute approximate surface area is 106 Å². The molecule has 0 amide bonds. The second-order valence-corrected chi connectivity index (χ2v) is 6.52. The SMILES string of the molecule is Cc1ccc(F)c(S(=O)(=O)NCC(N)C2CC2)c1. The highest BCUT2D eigenvalue weighted by Crippen LogP contribution is 2.31. The van der Waals surface area contributed by atoms with Crippen LogP contribution >= 0.6 is 0 Å². The van der Waals surface area contributed by atoms with Crippen LogP contribution in [-0.2, 0) is 10.0 Å². The van der Waals surface area contributed by atoms with Crippen molar-refractivity contribution in [2.75, 3.05) is 6.54 Å². The quantitative estimate of drug-likeness (QED) is 0.844. The van der Waals surface area contributed by atoms with Gasteiger partial charge in [0.25, 0.3) is 0 Å². The van der Waals surface area contributed by atoms with Crippen LogP contribution in [-0.4, -0.2) is 21.0 Å². The van der Waals surface area contributed by atoms with Crippen molar-refractivity contribution < 1.29 is 12.8 Å². The molecule has 0 radical (unpaired) electrons. The molecule has 1 atom stereocenters. The monoisotopic (exact) mass is 272 g/mol. The molecule has 0 aromatic heterocycles. The number of nitrogens with one attached hydrogen (secondary N) is 1. The van der Waals surface area contributed by atoms with Gasteiger partial charge in [-0.15, -0.1) is 0 Å². The zero-order chi connectivity index (χ0) is 13.3. The normalized spacial score (nSPS) is 17.7. The minimum Gasteiger partial charge on any atom is -0.326 e. The minimum absolute atomic E-state index is 0.153. The Balaban J connectivity index is 2.11. The van der Waals surface area contributed by atoms with Crippen LogP contribution < -0.4 is 10.5 Å². The summed E-state index contributed by atoms with van der Waals surface area (Å²) in [5.41, 5.74) is 6.51. The molecule has 0 aliphatic heterocycles. The molecule has 1 saturated carbocycles. The standard InChI is InChI=1S/C12H17FN2O2S/c1-8-2-5-10(13)12(6-8)18(16,17)15-7-11(14)9-3-4-9/h2,5-6,9,11,15H,3-4,7,14H2,1H3. The van der Waals surface area contributed by atoms with Crippen LogP contribution in [0.3, 0.4) is 0 Å². The summed E-state index contributed by atoms with van der Waals surface area (Å²) in [5, 5.41) is 0. The first-order chi connectivity index (χ1) is 8.40. The van der Waals surface area contributed by atoms with E-state index in [2.05, 4.69) is 4.72 Å². The van der Waals surface area contributed by atoms with E-state index in [9.17, 15) is 12.8 Å². The van der Waals surface area contributed by atoms with Crippen molar-refractivity contribution in [3.63, 3.8) is 0 Å². The predicted octanol–water partition coefficient (Wildman–Crippen LogP) is 1.15. The fraction of sp³-hybridized carbons (Fsp3) is 0.500. The maximum Gasteiger partial charge on any atom is 0.243 e. The predicted molar refractivity (Wildman–Crippen MR) is 67.0 cm³/mol. The van der Waals surface area contributed by atoms with Crippen LogP contribution in [0.2, 0.25) is 0 Å². The number of aryl methyl sites for hydroxylation is 1. The lowest BCUT2D eigenvalue weighted by atomic mass is 10.2. The Hall–Kier alpha value is -0.980. The third-order valence-electron chi connectivity index (χ3n) is 3.11. The zero-order valence-electron chi connectivity index (χ0n) is 10.2. The molecule has 0 saturated heterocycles. The summed E-state index contributed by atoms with van der Waals surface area (Å²) in [6.45, 7) is 1.87. The summed E-state index contributed by atoms with van der Waals surface area (Å²) in [5.74, 6) is -0.344. The number of nitrogens with two attached hydrogens (primary N) is 1. The van der Waals surface area contributed by atoms with Crippen LogP contribution in [0, 0.1) is 18.7 Å². The van der Waals surface area contributed by atoms with E-state index in [1.165, 1.54) is 12.1 Å². The number of hydrogen-bond acceptors (Lipinski definition) is 3. The zero-order valence-corrected chi connectivity index (χ0v) is 11.0. The Kier molecular flexibility index (Phi) is 3.70. The van der Waals surface area contributed by atoms with Gasteiger partial charge in [-0.3, -0.25) is 0 Å². The summed E-state index contributed by atoms with van der Waals surface area (Å²) < 4.78 is 39.8. The largest absolute Gasteiger partial charge is 0.326 e. The first-order valence-electron chi connectivity index (χ1n) is 5.91. The van der Waals surface area contributed by atoms with Gasteiger partial charge in [-0.2, -0.15) is 0 Å². The molecule has 1 unspecified atom stereocenters. The molecule has 4 nitrogen and oxygen atoms in total. The summed E-state index contributed by atoms with van der Waals surface area (Å²) in [6.07, 6.45) is 2.09. The average Bonchev–Trinajstić information content (AvgIpc) is 3.13. The minimum atomic E-state index is -3.82. The number of sulfonamides is 1. The number of rotatable bonds is 5. The van der Waals surface area contributed by atoms with E-state index in [1.807, 2.05) is 0 Å². The van der Waals surface area contributed by atoms with Crippen LogP contribution in [0.1, 0.15) is 18.4 Å². The van der Waals surface area contributed by atoms with Crippen molar-refractivity contribution >= 4 is 10.0 Å². The van der Waals surface area contributed by atoms with E-state index in [1.54, 1.807) is 6.92 Å². The number of hydrogen-bond donors (Lipinski definition) is 2. The van der Waals surface area contributed by atoms with Crippen molar-refractivity contribution in [1.29, 1.82) is 0 Å². The maximum absolute atomic E-state index is 13.5. The molecule has 3 N–H and O–H groups in total. The lowest BCUT2D eigenvalue weighted by molar-refractivity contribution is 0.536. The van der Waals surface area contributed by atoms with E-state index in [0.29, 0.717) is 11.5 Å². The molecular formula is C12H17FN2O2S. The molecule has 0 bridgehead atoms. The van der Waals surface area contributed by atoms with Gasteiger partial charge < -0.3 is 5.73 Å². The van der Waals surface area contributed by atoms with Gasteiger partial charge in [0.05, 0.1) is 0 Å².